The first-order valence-electron chi connectivity index (χ1n) is 7.53. The second kappa shape index (κ2) is 7.15. The molecule has 0 aliphatic rings. The molecule has 2 aromatic heterocycles. The standard InChI is InChI=1S/C17H17ClN4OS/c1-11-7-8-20-22(11)12(2)17(23)19-9-16-21-15(10-24-16)13-3-5-14(18)6-4-13/h3-8,10,12H,9H2,1-2H3,(H,19,23)/t12-/m1/s1. The molecule has 0 saturated carbocycles. The summed E-state index contributed by atoms with van der Waals surface area (Å²) in [6.45, 7) is 4.16. The molecule has 0 fully saturated rings. The zero-order valence-corrected chi connectivity index (χ0v) is 14.9. The number of hydrogen-bond acceptors (Lipinski definition) is 4. The lowest BCUT2D eigenvalue weighted by Crippen LogP contribution is -2.31. The van der Waals surface area contributed by atoms with E-state index >= 15 is 0 Å². The van der Waals surface area contributed by atoms with Crippen LogP contribution < -0.4 is 5.32 Å². The van der Waals surface area contributed by atoms with E-state index in [9.17, 15) is 4.79 Å². The minimum atomic E-state index is -0.351. The van der Waals surface area contributed by atoms with E-state index in [0.717, 1.165) is 22.0 Å². The molecule has 0 unspecified atom stereocenters. The third-order valence-electron chi connectivity index (χ3n) is 3.72. The molecule has 0 bridgehead atoms. The van der Waals surface area contributed by atoms with Crippen LogP contribution in [0.5, 0.6) is 0 Å². The molecule has 7 heteroatoms. The van der Waals surface area contributed by atoms with Crippen molar-refractivity contribution in [1.29, 1.82) is 0 Å². The predicted octanol–water partition coefficient (Wildman–Crippen LogP) is 3.85. The fourth-order valence-corrected chi connectivity index (χ4v) is 3.22. The van der Waals surface area contributed by atoms with Crippen LogP contribution in [-0.4, -0.2) is 20.7 Å². The Morgan fingerprint density at radius 1 is 1.33 bits per heavy atom. The van der Waals surface area contributed by atoms with Crippen molar-refractivity contribution in [1.82, 2.24) is 20.1 Å². The van der Waals surface area contributed by atoms with Crippen molar-refractivity contribution in [2.45, 2.75) is 26.4 Å². The van der Waals surface area contributed by atoms with Crippen LogP contribution in [0, 0.1) is 6.92 Å². The molecular weight excluding hydrogens is 344 g/mol. The number of rotatable bonds is 5. The summed E-state index contributed by atoms with van der Waals surface area (Å²) in [5.74, 6) is -0.0787. The zero-order chi connectivity index (χ0) is 17.1. The maximum Gasteiger partial charge on any atom is 0.244 e. The molecule has 24 heavy (non-hydrogen) atoms. The topological polar surface area (TPSA) is 59.8 Å². The average molecular weight is 361 g/mol. The van der Waals surface area contributed by atoms with Gasteiger partial charge in [-0.15, -0.1) is 11.3 Å². The van der Waals surface area contributed by atoms with Crippen LogP contribution in [0.4, 0.5) is 0 Å². The highest BCUT2D eigenvalue weighted by molar-refractivity contribution is 7.09. The number of nitrogens with zero attached hydrogens (tertiary/aromatic N) is 3. The van der Waals surface area contributed by atoms with Gasteiger partial charge in [0.05, 0.1) is 12.2 Å². The van der Waals surface area contributed by atoms with Gasteiger partial charge in [0.25, 0.3) is 0 Å². The first-order valence-corrected chi connectivity index (χ1v) is 8.78. The van der Waals surface area contributed by atoms with Gasteiger partial charge in [-0.1, -0.05) is 23.7 Å². The quantitative estimate of drug-likeness (QED) is 0.751. The van der Waals surface area contributed by atoms with Crippen molar-refractivity contribution >= 4 is 28.8 Å². The zero-order valence-electron chi connectivity index (χ0n) is 13.4. The fraction of sp³-hybridized carbons (Fsp3) is 0.235. The van der Waals surface area contributed by atoms with Crippen molar-refractivity contribution in [3.63, 3.8) is 0 Å². The number of aromatic nitrogens is 3. The molecule has 0 radical (unpaired) electrons. The molecule has 2 heterocycles. The van der Waals surface area contributed by atoms with Gasteiger partial charge in [0.1, 0.15) is 11.0 Å². The Morgan fingerprint density at radius 3 is 2.75 bits per heavy atom. The molecule has 3 aromatic rings. The van der Waals surface area contributed by atoms with Crippen LogP contribution in [0.1, 0.15) is 23.7 Å². The van der Waals surface area contributed by atoms with Gasteiger partial charge in [0.15, 0.2) is 0 Å². The van der Waals surface area contributed by atoms with E-state index in [1.807, 2.05) is 49.6 Å². The van der Waals surface area contributed by atoms with E-state index in [4.69, 9.17) is 11.6 Å². The summed E-state index contributed by atoms with van der Waals surface area (Å²) in [5.41, 5.74) is 2.85. The smallest absolute Gasteiger partial charge is 0.244 e. The third-order valence-corrected chi connectivity index (χ3v) is 4.82. The van der Waals surface area contributed by atoms with Gasteiger partial charge in [-0.05, 0) is 32.0 Å². The van der Waals surface area contributed by atoms with Gasteiger partial charge in [0.2, 0.25) is 5.91 Å². The van der Waals surface area contributed by atoms with Gasteiger partial charge in [-0.2, -0.15) is 5.10 Å². The molecule has 0 saturated heterocycles. The van der Waals surface area contributed by atoms with Crippen molar-refractivity contribution in [3.8, 4) is 11.3 Å². The number of hydrogen-bond donors (Lipinski definition) is 1. The maximum atomic E-state index is 12.3. The largest absolute Gasteiger partial charge is 0.348 e. The fourth-order valence-electron chi connectivity index (χ4n) is 2.35. The number of carbonyl (C=O) groups is 1. The summed E-state index contributed by atoms with van der Waals surface area (Å²) < 4.78 is 1.70. The van der Waals surface area contributed by atoms with Crippen LogP contribution in [0.2, 0.25) is 5.02 Å². The summed E-state index contributed by atoms with van der Waals surface area (Å²) in [7, 11) is 0. The summed E-state index contributed by atoms with van der Waals surface area (Å²) in [5, 5.41) is 10.6. The van der Waals surface area contributed by atoms with E-state index < -0.39 is 0 Å². The number of carbonyl (C=O) groups excluding carboxylic acids is 1. The molecule has 3 rings (SSSR count). The Morgan fingerprint density at radius 2 is 2.08 bits per heavy atom. The first kappa shape index (κ1) is 16.7. The van der Waals surface area contributed by atoms with Crippen LogP contribution in [0.25, 0.3) is 11.3 Å². The predicted molar refractivity (Wildman–Crippen MR) is 96.1 cm³/mol. The van der Waals surface area contributed by atoms with Gasteiger partial charge >= 0.3 is 0 Å². The van der Waals surface area contributed by atoms with Gasteiger partial charge in [0, 0.05) is 27.9 Å². The number of amides is 1. The Labute approximate surface area is 149 Å². The number of halogens is 1. The van der Waals surface area contributed by atoms with Gasteiger partial charge in [-0.3, -0.25) is 9.48 Å². The Kier molecular flexibility index (Phi) is 4.97. The molecule has 1 aromatic carbocycles. The van der Waals surface area contributed by atoms with Crippen LogP contribution in [0.3, 0.4) is 0 Å². The van der Waals surface area contributed by atoms with Crippen molar-refractivity contribution in [2.24, 2.45) is 0 Å². The SMILES string of the molecule is Cc1ccnn1[C@H](C)C(=O)NCc1nc(-c2ccc(Cl)cc2)cs1. The molecule has 124 valence electrons. The lowest BCUT2D eigenvalue weighted by molar-refractivity contribution is -0.124. The summed E-state index contributed by atoms with van der Waals surface area (Å²) >= 11 is 7.42. The molecule has 1 amide bonds. The lowest BCUT2D eigenvalue weighted by atomic mass is 10.2. The lowest BCUT2D eigenvalue weighted by Gasteiger charge is -2.13. The minimum Gasteiger partial charge on any atom is -0.348 e. The highest BCUT2D eigenvalue weighted by Crippen LogP contribution is 2.23. The summed E-state index contributed by atoms with van der Waals surface area (Å²) in [4.78, 5) is 16.8. The van der Waals surface area contributed by atoms with E-state index in [1.165, 1.54) is 11.3 Å². The number of nitrogens with one attached hydrogen (secondary N) is 1. The second-order valence-electron chi connectivity index (χ2n) is 5.44. The second-order valence-corrected chi connectivity index (χ2v) is 6.82. The number of benzene rings is 1. The molecule has 1 N–H and O–H groups in total. The highest BCUT2D eigenvalue weighted by Gasteiger charge is 2.17. The molecule has 1 atom stereocenters. The van der Waals surface area contributed by atoms with Crippen LogP contribution >= 0.6 is 22.9 Å². The minimum absolute atomic E-state index is 0.0787. The molecule has 0 aliphatic carbocycles. The third kappa shape index (κ3) is 3.66. The number of aryl methyl sites for hydroxylation is 1. The Balaban J connectivity index is 1.62. The molecule has 0 spiro atoms. The van der Waals surface area contributed by atoms with E-state index in [0.29, 0.717) is 11.6 Å². The Bertz CT molecular complexity index is 840. The Hall–Kier alpha value is -2.18. The van der Waals surface area contributed by atoms with Crippen molar-refractivity contribution in [2.75, 3.05) is 0 Å². The molecular formula is C17H17ClN4OS. The average Bonchev–Trinajstić information content (AvgIpc) is 3.21. The normalized spacial score (nSPS) is 12.1. The van der Waals surface area contributed by atoms with Gasteiger partial charge in [-0.25, -0.2) is 4.98 Å². The van der Waals surface area contributed by atoms with Crippen LogP contribution in [-0.2, 0) is 11.3 Å². The summed E-state index contributed by atoms with van der Waals surface area (Å²) in [6, 6.07) is 9.07. The maximum absolute atomic E-state index is 12.3. The van der Waals surface area contributed by atoms with Crippen LogP contribution in [0.15, 0.2) is 41.9 Å². The van der Waals surface area contributed by atoms with E-state index in [2.05, 4.69) is 15.4 Å². The van der Waals surface area contributed by atoms with E-state index in [1.54, 1.807) is 10.9 Å². The highest BCUT2D eigenvalue weighted by atomic mass is 35.5. The summed E-state index contributed by atoms with van der Waals surface area (Å²) in [6.07, 6.45) is 1.69. The van der Waals surface area contributed by atoms with E-state index in [-0.39, 0.29) is 11.9 Å². The number of thiazole rings is 1. The first-order chi connectivity index (χ1) is 11.5. The monoisotopic (exact) mass is 360 g/mol. The molecule has 5 nitrogen and oxygen atoms in total. The van der Waals surface area contributed by atoms with Gasteiger partial charge < -0.3 is 5.32 Å². The van der Waals surface area contributed by atoms with Crippen molar-refractivity contribution in [3.05, 3.63) is 57.6 Å². The molecule has 0 aliphatic heterocycles. The van der Waals surface area contributed by atoms with Crippen molar-refractivity contribution < 1.29 is 4.79 Å².